The smallest absolute Gasteiger partial charge is 0.244 e. The van der Waals surface area contributed by atoms with Gasteiger partial charge in [0.05, 0.1) is 16.9 Å². The number of carbonyl (C=O) groups excluding carboxylic acids is 1. The maximum atomic E-state index is 12.9. The monoisotopic (exact) mass is 444 g/mol. The summed E-state index contributed by atoms with van der Waals surface area (Å²) in [7, 11) is 0. The van der Waals surface area contributed by atoms with Crippen molar-refractivity contribution >= 4 is 29.4 Å². The van der Waals surface area contributed by atoms with Crippen LogP contribution in [0.4, 0.5) is 0 Å². The van der Waals surface area contributed by atoms with Gasteiger partial charge in [-0.25, -0.2) is 4.98 Å². The van der Waals surface area contributed by atoms with Crippen molar-refractivity contribution in [3.05, 3.63) is 83.0 Å². The van der Waals surface area contributed by atoms with E-state index in [0.717, 1.165) is 60.0 Å². The van der Waals surface area contributed by atoms with Gasteiger partial charge in [-0.3, -0.25) is 9.20 Å². The average Bonchev–Trinajstić information content (AvgIpc) is 3.26. The predicted molar refractivity (Wildman–Crippen MR) is 130 cm³/mol. The lowest BCUT2D eigenvalue weighted by molar-refractivity contribution is -0.117. The first-order valence-corrected chi connectivity index (χ1v) is 12.2. The van der Waals surface area contributed by atoms with Crippen LogP contribution in [0, 0.1) is 5.92 Å². The Bertz CT molecular complexity index is 1150. The minimum atomic E-state index is -0.0135. The van der Waals surface area contributed by atoms with Crippen LogP contribution >= 0.6 is 11.8 Å². The number of piperidine rings is 1. The summed E-state index contributed by atoms with van der Waals surface area (Å²) in [5, 5.41) is 7.88. The van der Waals surface area contributed by atoms with Crippen molar-refractivity contribution in [1.82, 2.24) is 20.0 Å². The Kier molecular flexibility index (Phi) is 6.41. The van der Waals surface area contributed by atoms with Crippen LogP contribution in [0.15, 0.2) is 76.8 Å². The molecule has 2 N–H and O–H groups in total. The molecule has 1 fully saturated rings. The van der Waals surface area contributed by atoms with E-state index in [1.165, 1.54) is 5.56 Å². The maximum absolute atomic E-state index is 12.9. The number of nitrogens with zero attached hydrogens (tertiary/aromatic N) is 2. The Morgan fingerprint density at radius 2 is 2.03 bits per heavy atom. The number of aryl methyl sites for hydroxylation is 1. The van der Waals surface area contributed by atoms with Gasteiger partial charge < -0.3 is 10.6 Å². The molecule has 32 heavy (non-hydrogen) atoms. The first-order valence-electron chi connectivity index (χ1n) is 11.4. The van der Waals surface area contributed by atoms with Gasteiger partial charge in [0.2, 0.25) is 5.91 Å². The first kappa shape index (κ1) is 21.0. The second kappa shape index (κ2) is 9.76. The number of hydrogen-bond acceptors (Lipinski definition) is 4. The van der Waals surface area contributed by atoms with E-state index in [1.54, 1.807) is 17.8 Å². The maximum Gasteiger partial charge on any atom is 0.244 e. The zero-order chi connectivity index (χ0) is 21.8. The number of aromatic nitrogens is 2. The molecule has 0 aliphatic carbocycles. The van der Waals surface area contributed by atoms with E-state index in [2.05, 4.69) is 56.4 Å². The number of rotatable bonds is 7. The molecule has 0 bridgehead atoms. The highest BCUT2D eigenvalue weighted by molar-refractivity contribution is 8.03. The van der Waals surface area contributed by atoms with Crippen molar-refractivity contribution in [2.45, 2.75) is 36.8 Å². The van der Waals surface area contributed by atoms with Crippen LogP contribution in [-0.2, 0) is 11.2 Å². The standard InChI is InChI=1S/C26H28N4OS/c31-25(12-10-22-17-21-18-28-24-7-4-8-26(32-22)30(21)24)29-23(20-13-15-27-16-14-20)11-9-19-5-2-1-3-6-19/h1-8,10,12,17-18,20,23,27H,9,11,13-16H2,(H,29,31). The van der Waals surface area contributed by atoms with Gasteiger partial charge in [-0.2, -0.15) is 0 Å². The summed E-state index contributed by atoms with van der Waals surface area (Å²) in [5.41, 5.74) is 3.32. The molecule has 1 aromatic carbocycles. The molecule has 4 heterocycles. The Morgan fingerprint density at radius 3 is 2.88 bits per heavy atom. The molecular weight excluding hydrogens is 416 g/mol. The highest BCUT2D eigenvalue weighted by atomic mass is 32.2. The summed E-state index contributed by atoms with van der Waals surface area (Å²) in [6, 6.07) is 16.8. The number of allylic oxidation sites excluding steroid dienone is 1. The fraction of sp³-hybridized carbons (Fsp3) is 0.308. The number of imidazole rings is 1. The molecule has 1 atom stereocenters. The number of hydrogen-bond donors (Lipinski definition) is 2. The molecule has 1 amide bonds. The zero-order valence-corrected chi connectivity index (χ0v) is 18.9. The Balaban J connectivity index is 1.25. The topological polar surface area (TPSA) is 58.4 Å². The van der Waals surface area contributed by atoms with Gasteiger partial charge in [0.15, 0.2) is 0 Å². The zero-order valence-electron chi connectivity index (χ0n) is 18.0. The SMILES string of the molecule is O=C(C=CC1=Cc2cnc3cccc(n23)S1)NC(CCc1ccccc1)C1CCNCC1. The predicted octanol–water partition coefficient (Wildman–Crippen LogP) is 4.45. The van der Waals surface area contributed by atoms with Gasteiger partial charge in [-0.1, -0.05) is 48.2 Å². The van der Waals surface area contributed by atoms with Gasteiger partial charge in [0.25, 0.3) is 0 Å². The minimum Gasteiger partial charge on any atom is -0.350 e. The molecule has 5 nitrogen and oxygen atoms in total. The van der Waals surface area contributed by atoms with Gasteiger partial charge in [0.1, 0.15) is 5.65 Å². The molecule has 2 aromatic heterocycles. The van der Waals surface area contributed by atoms with Gasteiger partial charge in [0, 0.05) is 17.0 Å². The molecule has 0 radical (unpaired) electrons. The van der Waals surface area contributed by atoms with Crippen molar-refractivity contribution < 1.29 is 4.79 Å². The molecule has 0 saturated carbocycles. The van der Waals surface area contributed by atoms with E-state index in [1.807, 2.05) is 30.5 Å². The molecule has 1 unspecified atom stereocenters. The van der Waals surface area contributed by atoms with E-state index < -0.39 is 0 Å². The lowest BCUT2D eigenvalue weighted by atomic mass is 9.86. The quantitative estimate of drug-likeness (QED) is 0.529. The summed E-state index contributed by atoms with van der Waals surface area (Å²) >= 11 is 1.66. The molecule has 1 saturated heterocycles. The summed E-state index contributed by atoms with van der Waals surface area (Å²) in [5.74, 6) is 0.507. The van der Waals surface area contributed by atoms with Crippen molar-refractivity contribution in [3.8, 4) is 0 Å². The molecule has 164 valence electrons. The fourth-order valence-corrected chi connectivity index (χ4v) is 5.61. The van der Waals surface area contributed by atoms with E-state index in [0.29, 0.717) is 5.92 Å². The third-order valence-electron chi connectivity index (χ3n) is 6.30. The fourth-order valence-electron chi connectivity index (χ4n) is 4.62. The van der Waals surface area contributed by atoms with E-state index >= 15 is 0 Å². The van der Waals surface area contributed by atoms with Gasteiger partial charge in [-0.15, -0.1) is 0 Å². The Morgan fingerprint density at radius 1 is 1.19 bits per heavy atom. The van der Waals surface area contributed by atoms with Crippen LogP contribution < -0.4 is 10.6 Å². The second-order valence-electron chi connectivity index (χ2n) is 8.45. The third-order valence-corrected chi connectivity index (χ3v) is 7.32. The lowest BCUT2D eigenvalue weighted by Gasteiger charge is -2.31. The Labute approximate surface area is 193 Å². The summed E-state index contributed by atoms with van der Waals surface area (Å²) in [6.07, 6.45) is 11.7. The number of thioether (sulfide) groups is 1. The highest BCUT2D eigenvalue weighted by Gasteiger charge is 2.24. The molecule has 6 heteroatoms. The van der Waals surface area contributed by atoms with Crippen molar-refractivity contribution in [3.63, 3.8) is 0 Å². The number of benzene rings is 1. The van der Waals surface area contributed by atoms with Crippen molar-refractivity contribution in [2.24, 2.45) is 5.92 Å². The van der Waals surface area contributed by atoms with Crippen molar-refractivity contribution in [2.75, 3.05) is 13.1 Å². The van der Waals surface area contributed by atoms with Crippen LogP contribution in [0.3, 0.4) is 0 Å². The average molecular weight is 445 g/mol. The van der Waals surface area contributed by atoms with Crippen LogP contribution in [0.1, 0.15) is 30.5 Å². The van der Waals surface area contributed by atoms with Crippen LogP contribution in [0.2, 0.25) is 0 Å². The van der Waals surface area contributed by atoms with Crippen LogP contribution in [0.25, 0.3) is 11.7 Å². The first-order chi connectivity index (χ1) is 15.8. The van der Waals surface area contributed by atoms with E-state index in [4.69, 9.17) is 0 Å². The molecule has 2 aliphatic heterocycles. The van der Waals surface area contributed by atoms with Gasteiger partial charge in [-0.05, 0) is 74.5 Å². The number of amides is 1. The molecular formula is C26H28N4OS. The van der Waals surface area contributed by atoms with Crippen LogP contribution in [0.5, 0.6) is 0 Å². The van der Waals surface area contributed by atoms with Gasteiger partial charge >= 0.3 is 0 Å². The number of pyridine rings is 1. The summed E-state index contributed by atoms with van der Waals surface area (Å²) in [4.78, 5) is 18.4. The Hall–Kier alpha value is -2.83. The summed E-state index contributed by atoms with van der Waals surface area (Å²) < 4.78 is 2.14. The molecule has 3 aromatic rings. The van der Waals surface area contributed by atoms with Crippen LogP contribution in [-0.4, -0.2) is 34.4 Å². The highest BCUT2D eigenvalue weighted by Crippen LogP contribution is 2.34. The molecule has 2 aliphatic rings. The van der Waals surface area contributed by atoms with Crippen molar-refractivity contribution in [1.29, 1.82) is 0 Å². The number of carbonyl (C=O) groups is 1. The lowest BCUT2D eigenvalue weighted by Crippen LogP contribution is -2.44. The minimum absolute atomic E-state index is 0.0135. The van der Waals surface area contributed by atoms with E-state index in [9.17, 15) is 4.79 Å². The molecule has 5 rings (SSSR count). The molecule has 0 spiro atoms. The normalized spacial score (nSPS) is 17.4. The third kappa shape index (κ3) is 4.81. The summed E-state index contributed by atoms with van der Waals surface area (Å²) in [6.45, 7) is 2.06. The second-order valence-corrected chi connectivity index (χ2v) is 9.54. The number of nitrogens with one attached hydrogen (secondary N) is 2. The largest absolute Gasteiger partial charge is 0.350 e. The van der Waals surface area contributed by atoms with E-state index in [-0.39, 0.29) is 11.9 Å².